The van der Waals surface area contributed by atoms with Crippen molar-refractivity contribution in [2.45, 2.75) is 69.3 Å². The van der Waals surface area contributed by atoms with E-state index in [2.05, 4.69) is 12.2 Å². The van der Waals surface area contributed by atoms with E-state index in [1.165, 1.54) is 12.8 Å². The number of carbonyl (C=O) groups excluding carboxylic acids is 1. The van der Waals surface area contributed by atoms with Crippen LogP contribution in [-0.4, -0.2) is 52.8 Å². The number of hydrogen-bond donors (Lipinski definition) is 2. The number of urea groups is 1. The van der Waals surface area contributed by atoms with E-state index in [0.717, 1.165) is 37.9 Å². The van der Waals surface area contributed by atoms with Crippen LogP contribution in [-0.2, 0) is 0 Å². The molecule has 0 saturated heterocycles. The highest BCUT2D eigenvalue weighted by molar-refractivity contribution is 7.99. The summed E-state index contributed by atoms with van der Waals surface area (Å²) in [6, 6.07) is 0.354. The van der Waals surface area contributed by atoms with Gasteiger partial charge in [0.1, 0.15) is 0 Å². The minimum atomic E-state index is -0.222. The highest BCUT2D eigenvalue weighted by atomic mass is 32.2. The van der Waals surface area contributed by atoms with Crippen molar-refractivity contribution >= 4 is 17.8 Å². The number of aliphatic hydroxyl groups excluding tert-OH is 1. The highest BCUT2D eigenvalue weighted by Crippen LogP contribution is 2.29. The van der Waals surface area contributed by atoms with Crippen molar-refractivity contribution in [3.63, 3.8) is 0 Å². The maximum atomic E-state index is 12.3. The highest BCUT2D eigenvalue weighted by Gasteiger charge is 2.29. The summed E-state index contributed by atoms with van der Waals surface area (Å²) in [5.41, 5.74) is 0. The minimum absolute atomic E-state index is 0.0289. The molecule has 2 aliphatic carbocycles. The van der Waals surface area contributed by atoms with Crippen LogP contribution in [0.2, 0.25) is 0 Å². The third-order valence-corrected chi connectivity index (χ3v) is 6.06. The lowest BCUT2D eigenvalue weighted by atomic mass is 9.95. The van der Waals surface area contributed by atoms with Crippen LogP contribution in [0.1, 0.15) is 51.9 Å². The van der Waals surface area contributed by atoms with Gasteiger partial charge in [0.25, 0.3) is 0 Å². The SMILES string of the molecule is CCSC1CCCC(NC(=O)N(C)CC2CCCC2O)C1. The number of nitrogens with zero attached hydrogens (tertiary/aromatic N) is 1. The van der Waals surface area contributed by atoms with Crippen molar-refractivity contribution < 1.29 is 9.90 Å². The van der Waals surface area contributed by atoms with Gasteiger partial charge in [-0.2, -0.15) is 11.8 Å². The third kappa shape index (κ3) is 5.06. The number of aliphatic hydroxyl groups is 1. The second-order valence-electron chi connectivity index (χ2n) is 6.53. The molecule has 5 heteroatoms. The summed E-state index contributed by atoms with van der Waals surface area (Å²) in [5, 5.41) is 13.8. The van der Waals surface area contributed by atoms with Gasteiger partial charge >= 0.3 is 6.03 Å². The number of nitrogens with one attached hydrogen (secondary N) is 1. The first-order valence-electron chi connectivity index (χ1n) is 8.41. The topological polar surface area (TPSA) is 52.6 Å². The van der Waals surface area contributed by atoms with Gasteiger partial charge in [-0.15, -0.1) is 0 Å². The molecule has 2 rings (SSSR count). The Hall–Kier alpha value is -0.420. The molecular formula is C16H30N2O2S. The van der Waals surface area contributed by atoms with Crippen LogP contribution in [0.25, 0.3) is 0 Å². The summed E-state index contributed by atoms with van der Waals surface area (Å²) in [6.07, 6.45) is 7.50. The monoisotopic (exact) mass is 314 g/mol. The fourth-order valence-corrected chi connectivity index (χ4v) is 4.79. The Bertz CT molecular complexity index is 338. The van der Waals surface area contributed by atoms with Gasteiger partial charge in [0.2, 0.25) is 0 Å². The minimum Gasteiger partial charge on any atom is -0.393 e. The maximum absolute atomic E-state index is 12.3. The van der Waals surface area contributed by atoms with Crippen LogP contribution in [0.15, 0.2) is 0 Å². The van der Waals surface area contributed by atoms with Crippen LogP contribution in [0.5, 0.6) is 0 Å². The second kappa shape index (κ2) is 8.28. The number of hydrogen-bond acceptors (Lipinski definition) is 3. The quantitative estimate of drug-likeness (QED) is 0.820. The lowest BCUT2D eigenvalue weighted by Crippen LogP contribution is -2.47. The average Bonchev–Trinajstić information content (AvgIpc) is 2.85. The van der Waals surface area contributed by atoms with Crippen molar-refractivity contribution in [3.05, 3.63) is 0 Å². The summed E-state index contributed by atoms with van der Waals surface area (Å²) < 4.78 is 0. The van der Waals surface area contributed by atoms with Gasteiger partial charge < -0.3 is 15.3 Å². The molecule has 2 amide bonds. The molecule has 2 aliphatic rings. The molecule has 0 aromatic carbocycles. The Labute approximate surface area is 133 Å². The largest absolute Gasteiger partial charge is 0.393 e. The van der Waals surface area contributed by atoms with Gasteiger partial charge in [0.15, 0.2) is 0 Å². The molecule has 0 aromatic rings. The van der Waals surface area contributed by atoms with E-state index in [1.54, 1.807) is 4.90 Å². The van der Waals surface area contributed by atoms with Crippen molar-refractivity contribution in [1.82, 2.24) is 10.2 Å². The molecule has 0 heterocycles. The molecule has 21 heavy (non-hydrogen) atoms. The zero-order chi connectivity index (χ0) is 15.2. The Morgan fingerprint density at radius 1 is 1.29 bits per heavy atom. The fraction of sp³-hybridized carbons (Fsp3) is 0.938. The van der Waals surface area contributed by atoms with Crippen LogP contribution in [0, 0.1) is 5.92 Å². The van der Waals surface area contributed by atoms with Gasteiger partial charge in [-0.3, -0.25) is 0 Å². The van der Waals surface area contributed by atoms with Crippen LogP contribution in [0.3, 0.4) is 0 Å². The second-order valence-corrected chi connectivity index (χ2v) is 8.11. The zero-order valence-corrected chi connectivity index (χ0v) is 14.2. The first-order chi connectivity index (χ1) is 10.1. The smallest absolute Gasteiger partial charge is 0.317 e. The first-order valence-corrected chi connectivity index (χ1v) is 9.46. The molecule has 2 saturated carbocycles. The molecule has 0 radical (unpaired) electrons. The molecule has 0 aliphatic heterocycles. The normalized spacial score (nSPS) is 32.9. The summed E-state index contributed by atoms with van der Waals surface area (Å²) >= 11 is 2.02. The van der Waals surface area contributed by atoms with Gasteiger partial charge in [-0.05, 0) is 37.9 Å². The Balaban J connectivity index is 1.74. The molecule has 0 aromatic heterocycles. The van der Waals surface area contributed by atoms with E-state index in [0.29, 0.717) is 17.8 Å². The Kier molecular flexibility index (Phi) is 6.68. The van der Waals surface area contributed by atoms with Crippen molar-refractivity contribution in [3.8, 4) is 0 Å². The number of rotatable bonds is 5. The van der Waals surface area contributed by atoms with E-state index >= 15 is 0 Å². The maximum Gasteiger partial charge on any atom is 0.317 e. The van der Waals surface area contributed by atoms with Crippen LogP contribution >= 0.6 is 11.8 Å². The molecule has 2 fully saturated rings. The number of thioether (sulfide) groups is 1. The molecule has 4 nitrogen and oxygen atoms in total. The van der Waals surface area contributed by atoms with Crippen molar-refractivity contribution in [1.29, 1.82) is 0 Å². The van der Waals surface area contributed by atoms with E-state index in [4.69, 9.17) is 0 Å². The van der Waals surface area contributed by atoms with E-state index in [-0.39, 0.29) is 18.1 Å². The van der Waals surface area contributed by atoms with E-state index in [9.17, 15) is 9.90 Å². The van der Waals surface area contributed by atoms with Crippen LogP contribution in [0.4, 0.5) is 4.79 Å². The predicted octanol–water partition coefficient (Wildman–Crippen LogP) is 2.85. The lowest BCUT2D eigenvalue weighted by Gasteiger charge is -2.31. The van der Waals surface area contributed by atoms with Gasteiger partial charge in [-0.25, -0.2) is 4.79 Å². The number of carbonyl (C=O) groups is 1. The Morgan fingerprint density at radius 2 is 2.05 bits per heavy atom. The molecule has 4 atom stereocenters. The lowest BCUT2D eigenvalue weighted by molar-refractivity contribution is 0.113. The van der Waals surface area contributed by atoms with Crippen molar-refractivity contribution in [2.75, 3.05) is 19.3 Å². The summed E-state index contributed by atoms with van der Waals surface area (Å²) in [5.74, 6) is 1.42. The molecule has 0 spiro atoms. The molecule has 4 unspecified atom stereocenters. The van der Waals surface area contributed by atoms with E-state index < -0.39 is 0 Å². The summed E-state index contributed by atoms with van der Waals surface area (Å²) in [4.78, 5) is 14.1. The Morgan fingerprint density at radius 3 is 2.71 bits per heavy atom. The van der Waals surface area contributed by atoms with E-state index in [1.807, 2.05) is 18.8 Å². The third-order valence-electron chi connectivity index (χ3n) is 4.83. The number of amides is 2. The summed E-state index contributed by atoms with van der Waals surface area (Å²) in [7, 11) is 1.85. The van der Waals surface area contributed by atoms with Crippen LogP contribution < -0.4 is 5.32 Å². The predicted molar refractivity (Wildman–Crippen MR) is 88.7 cm³/mol. The van der Waals surface area contributed by atoms with Gasteiger partial charge in [0, 0.05) is 30.8 Å². The zero-order valence-electron chi connectivity index (χ0n) is 13.4. The summed E-state index contributed by atoms with van der Waals surface area (Å²) in [6.45, 7) is 2.88. The standard InChI is InChI=1S/C16H30N2O2S/c1-3-21-14-8-5-7-13(10-14)17-16(20)18(2)11-12-6-4-9-15(12)19/h12-15,19H,3-11H2,1-2H3,(H,17,20). The van der Waals surface area contributed by atoms with Gasteiger partial charge in [-0.1, -0.05) is 19.8 Å². The molecule has 122 valence electrons. The van der Waals surface area contributed by atoms with Crippen molar-refractivity contribution in [2.24, 2.45) is 5.92 Å². The molecule has 2 N–H and O–H groups in total. The average molecular weight is 314 g/mol. The molecular weight excluding hydrogens is 284 g/mol. The first kappa shape index (κ1) is 16.9. The van der Waals surface area contributed by atoms with Gasteiger partial charge in [0.05, 0.1) is 6.10 Å². The molecule has 0 bridgehead atoms. The fourth-order valence-electron chi connectivity index (χ4n) is 3.61.